The Balaban J connectivity index is 1.33. The Morgan fingerprint density at radius 2 is 1.61 bits per heavy atom. The van der Waals surface area contributed by atoms with Gasteiger partial charge in [-0.05, 0) is 84.9 Å². The van der Waals surface area contributed by atoms with Crippen LogP contribution in [-0.2, 0) is 15.4 Å². The SMILES string of the molecule is Cc1cccc(C)c1-c1cc2nc(n1)NS(=O)(=O)c1cccc(c1)C(=O)NCC(c1ccc(C34CC(C3)C4)cc1)O2. The first-order valence-corrected chi connectivity index (χ1v) is 15.3. The van der Waals surface area contributed by atoms with Crippen molar-refractivity contribution in [3.8, 4) is 17.1 Å². The molecule has 3 aliphatic carbocycles. The first-order chi connectivity index (χ1) is 19.7. The molecule has 1 unspecified atom stereocenters. The minimum atomic E-state index is -4.09. The molecule has 9 heteroatoms. The molecule has 1 atom stereocenters. The van der Waals surface area contributed by atoms with Crippen molar-refractivity contribution in [3.63, 3.8) is 0 Å². The quantitative estimate of drug-likeness (QED) is 0.340. The molecule has 4 aliphatic rings. The maximum atomic E-state index is 13.3. The number of nitrogens with one attached hydrogen (secondary N) is 2. The number of carbonyl (C=O) groups excluding carboxylic acids is 1. The Hall–Kier alpha value is -4.24. The van der Waals surface area contributed by atoms with Gasteiger partial charge in [0.25, 0.3) is 15.9 Å². The topological polar surface area (TPSA) is 110 Å². The largest absolute Gasteiger partial charge is 0.467 e. The summed E-state index contributed by atoms with van der Waals surface area (Å²) in [5.74, 6) is 0.581. The summed E-state index contributed by atoms with van der Waals surface area (Å²) in [7, 11) is -4.09. The molecule has 3 saturated carbocycles. The third kappa shape index (κ3) is 4.54. The first-order valence-electron chi connectivity index (χ1n) is 13.8. The molecule has 0 spiro atoms. The van der Waals surface area contributed by atoms with E-state index in [2.05, 4.69) is 44.3 Å². The summed E-state index contributed by atoms with van der Waals surface area (Å²) in [4.78, 5) is 22.1. The molecule has 1 amide bonds. The van der Waals surface area contributed by atoms with Crippen LogP contribution in [0.15, 0.2) is 77.7 Å². The van der Waals surface area contributed by atoms with Gasteiger partial charge in [0.05, 0.1) is 17.1 Å². The predicted octanol–water partition coefficient (Wildman–Crippen LogP) is 5.48. The van der Waals surface area contributed by atoms with Crippen LogP contribution in [0.25, 0.3) is 11.3 Å². The second-order valence-corrected chi connectivity index (χ2v) is 13.2. The van der Waals surface area contributed by atoms with E-state index in [4.69, 9.17) is 4.74 Å². The van der Waals surface area contributed by atoms with Gasteiger partial charge < -0.3 is 10.1 Å². The standard InChI is InChI=1S/C32H30N4O4S/c1-19-5-3-6-20(2)29(19)26-14-28-35-31(34-26)36-41(38,39)25-8-4-7-23(13-25)30(37)33-18-27(40-28)22-9-11-24(12-10-22)32-15-21(16-32)17-32/h3-14,21,27H,15-18H2,1-2H3,(H,33,37)(H,34,35,36). The Labute approximate surface area is 239 Å². The molecule has 6 bridgehead atoms. The van der Waals surface area contributed by atoms with Crippen LogP contribution in [0.1, 0.15) is 58.0 Å². The Morgan fingerprint density at radius 3 is 2.29 bits per heavy atom. The van der Waals surface area contributed by atoms with Crippen molar-refractivity contribution in [2.24, 2.45) is 5.92 Å². The van der Waals surface area contributed by atoms with Gasteiger partial charge in [0.1, 0.15) is 6.10 Å². The molecule has 1 aliphatic heterocycles. The lowest BCUT2D eigenvalue weighted by Crippen LogP contribution is -2.55. The number of aromatic nitrogens is 2. The summed E-state index contributed by atoms with van der Waals surface area (Å²) >= 11 is 0. The van der Waals surface area contributed by atoms with Crippen molar-refractivity contribution in [1.29, 1.82) is 0 Å². The van der Waals surface area contributed by atoms with E-state index in [0.717, 1.165) is 28.2 Å². The molecule has 3 fully saturated rings. The number of carbonyl (C=O) groups is 1. The zero-order valence-corrected chi connectivity index (χ0v) is 23.7. The summed E-state index contributed by atoms with van der Waals surface area (Å²) in [6.07, 6.45) is 3.22. The van der Waals surface area contributed by atoms with Crippen molar-refractivity contribution in [1.82, 2.24) is 15.3 Å². The van der Waals surface area contributed by atoms with Crippen LogP contribution >= 0.6 is 0 Å². The highest BCUT2D eigenvalue weighted by molar-refractivity contribution is 7.92. The molecular formula is C32H30N4O4S. The third-order valence-corrected chi connectivity index (χ3v) is 10.0. The number of rotatable bonds is 3. The van der Waals surface area contributed by atoms with Crippen molar-refractivity contribution >= 4 is 21.9 Å². The Morgan fingerprint density at radius 1 is 0.902 bits per heavy atom. The second-order valence-electron chi connectivity index (χ2n) is 11.5. The average molecular weight is 567 g/mol. The fraction of sp³-hybridized carbons (Fsp3) is 0.281. The van der Waals surface area contributed by atoms with Crippen LogP contribution in [0.2, 0.25) is 0 Å². The van der Waals surface area contributed by atoms with Gasteiger partial charge >= 0.3 is 0 Å². The molecule has 0 radical (unpaired) electrons. The highest BCUT2D eigenvalue weighted by Crippen LogP contribution is 2.65. The van der Waals surface area contributed by atoms with Gasteiger partial charge in [0, 0.05) is 17.2 Å². The molecule has 2 N–H and O–H groups in total. The van der Waals surface area contributed by atoms with Gasteiger partial charge in [-0.25, -0.2) is 18.1 Å². The van der Waals surface area contributed by atoms with Crippen LogP contribution in [0.4, 0.5) is 5.95 Å². The summed E-state index contributed by atoms with van der Waals surface area (Å²) in [6, 6.07) is 22.0. The minimum Gasteiger partial charge on any atom is -0.467 e. The van der Waals surface area contributed by atoms with E-state index in [1.165, 1.54) is 37.0 Å². The van der Waals surface area contributed by atoms with E-state index in [0.29, 0.717) is 11.1 Å². The molecule has 1 aromatic heterocycles. The van der Waals surface area contributed by atoms with Crippen LogP contribution in [0, 0.1) is 19.8 Å². The van der Waals surface area contributed by atoms with Gasteiger partial charge in [-0.2, -0.15) is 4.98 Å². The summed E-state index contributed by atoms with van der Waals surface area (Å²) in [6.45, 7) is 4.12. The fourth-order valence-electron chi connectivity index (χ4n) is 6.41. The zero-order valence-electron chi connectivity index (χ0n) is 22.8. The highest BCUT2D eigenvalue weighted by Gasteiger charge is 2.57. The number of hydrogen-bond acceptors (Lipinski definition) is 6. The number of ether oxygens (including phenoxy) is 1. The molecule has 8 rings (SSSR count). The third-order valence-electron chi connectivity index (χ3n) is 8.72. The summed E-state index contributed by atoms with van der Waals surface area (Å²) in [5.41, 5.74) is 6.20. The maximum Gasteiger partial charge on any atom is 0.264 e. The van der Waals surface area contributed by atoms with Crippen molar-refractivity contribution in [3.05, 3.63) is 101 Å². The number of nitrogens with zero attached hydrogens (tertiary/aromatic N) is 2. The number of fused-ring (bicyclic) bond motifs is 4. The van der Waals surface area contributed by atoms with Crippen molar-refractivity contribution in [2.75, 3.05) is 11.3 Å². The lowest BCUT2D eigenvalue weighted by atomic mass is 9.42. The maximum absolute atomic E-state index is 13.3. The van der Waals surface area contributed by atoms with E-state index < -0.39 is 22.0 Å². The smallest absolute Gasteiger partial charge is 0.264 e. The highest BCUT2D eigenvalue weighted by atomic mass is 32.2. The molecule has 41 heavy (non-hydrogen) atoms. The van der Waals surface area contributed by atoms with E-state index in [-0.39, 0.29) is 28.8 Å². The van der Waals surface area contributed by atoms with E-state index in [1.807, 2.05) is 32.0 Å². The molecule has 0 saturated heterocycles. The number of benzene rings is 3. The number of sulfonamides is 1. The summed E-state index contributed by atoms with van der Waals surface area (Å²) < 4.78 is 35.6. The number of amides is 1. The van der Waals surface area contributed by atoms with E-state index in [1.54, 1.807) is 18.2 Å². The number of anilines is 1. The van der Waals surface area contributed by atoms with Gasteiger partial charge in [-0.3, -0.25) is 4.79 Å². The molecule has 208 valence electrons. The van der Waals surface area contributed by atoms with Crippen molar-refractivity contribution in [2.45, 2.75) is 49.5 Å². The van der Waals surface area contributed by atoms with Crippen LogP contribution in [0.3, 0.4) is 0 Å². The van der Waals surface area contributed by atoms with Gasteiger partial charge in [-0.1, -0.05) is 48.5 Å². The molecule has 2 heterocycles. The lowest BCUT2D eigenvalue weighted by molar-refractivity contribution is -0.0274. The van der Waals surface area contributed by atoms with Gasteiger partial charge in [0.2, 0.25) is 11.8 Å². The van der Waals surface area contributed by atoms with Crippen molar-refractivity contribution < 1.29 is 17.9 Å². The average Bonchev–Trinajstić information content (AvgIpc) is 2.89. The Kier molecular flexibility index (Phi) is 5.90. The van der Waals surface area contributed by atoms with Gasteiger partial charge in [0.15, 0.2) is 0 Å². The van der Waals surface area contributed by atoms with Crippen LogP contribution in [-0.4, -0.2) is 30.8 Å². The minimum absolute atomic E-state index is 0.0614. The molecule has 3 aromatic carbocycles. The Bertz CT molecular complexity index is 1770. The van der Waals surface area contributed by atoms with Gasteiger partial charge in [-0.15, -0.1) is 0 Å². The first kappa shape index (κ1) is 25.7. The van der Waals surface area contributed by atoms with E-state index in [9.17, 15) is 13.2 Å². The van der Waals surface area contributed by atoms with E-state index >= 15 is 0 Å². The molecule has 4 aromatic rings. The fourth-order valence-corrected chi connectivity index (χ4v) is 7.39. The second kappa shape index (κ2) is 9.41. The number of hydrogen-bond donors (Lipinski definition) is 2. The molecule has 8 nitrogen and oxygen atoms in total. The zero-order chi connectivity index (χ0) is 28.4. The lowest BCUT2D eigenvalue weighted by Gasteiger charge is -2.62. The number of aryl methyl sites for hydroxylation is 2. The van der Waals surface area contributed by atoms with Crippen LogP contribution in [0.5, 0.6) is 5.88 Å². The molecular weight excluding hydrogens is 536 g/mol. The normalized spacial score (nSPS) is 24.1. The van der Waals surface area contributed by atoms with Crippen LogP contribution < -0.4 is 14.8 Å². The predicted molar refractivity (Wildman–Crippen MR) is 155 cm³/mol. The monoisotopic (exact) mass is 566 g/mol. The summed E-state index contributed by atoms with van der Waals surface area (Å²) in [5, 5.41) is 2.93.